The summed E-state index contributed by atoms with van der Waals surface area (Å²) in [6.07, 6.45) is 2.21. The quantitative estimate of drug-likeness (QED) is 0.812. The molecule has 2 N–H and O–H groups in total. The van der Waals surface area contributed by atoms with E-state index in [9.17, 15) is 9.59 Å². The number of nitrogens with one attached hydrogen (secondary N) is 1. The highest BCUT2D eigenvalue weighted by molar-refractivity contribution is 5.75. The third kappa shape index (κ3) is 4.98. The molecule has 1 unspecified atom stereocenters. The molecule has 1 saturated heterocycles. The van der Waals surface area contributed by atoms with Crippen LogP contribution in [0.4, 0.5) is 4.79 Å². The molecule has 0 spiro atoms. The Morgan fingerprint density at radius 1 is 1.30 bits per heavy atom. The Labute approximate surface area is 137 Å². The number of carbonyl (C=O) groups is 2. The maximum Gasteiger partial charge on any atom is 0.317 e. The number of benzene rings is 1. The van der Waals surface area contributed by atoms with Gasteiger partial charge >= 0.3 is 12.0 Å². The first-order valence-corrected chi connectivity index (χ1v) is 8.23. The van der Waals surface area contributed by atoms with E-state index in [1.807, 2.05) is 35.2 Å². The minimum Gasteiger partial charge on any atom is -0.481 e. The van der Waals surface area contributed by atoms with Crippen molar-refractivity contribution >= 4 is 12.0 Å². The van der Waals surface area contributed by atoms with Crippen LogP contribution in [0.1, 0.15) is 38.7 Å². The summed E-state index contributed by atoms with van der Waals surface area (Å²) in [5.74, 6) is -0.834. The van der Waals surface area contributed by atoms with Crippen LogP contribution >= 0.6 is 0 Å². The molecule has 1 fully saturated rings. The van der Waals surface area contributed by atoms with Crippen molar-refractivity contribution in [1.82, 2.24) is 10.2 Å². The summed E-state index contributed by atoms with van der Waals surface area (Å²) in [6, 6.07) is 9.60. The lowest BCUT2D eigenvalue weighted by Crippen LogP contribution is -2.60. The van der Waals surface area contributed by atoms with E-state index in [0.29, 0.717) is 12.8 Å². The van der Waals surface area contributed by atoms with Gasteiger partial charge in [0.1, 0.15) is 0 Å². The maximum absolute atomic E-state index is 12.3. The van der Waals surface area contributed by atoms with Crippen molar-refractivity contribution in [3.8, 4) is 0 Å². The second kappa shape index (κ2) is 7.49. The molecule has 2 amide bonds. The Hall–Kier alpha value is -2.04. The number of hydrogen-bond donors (Lipinski definition) is 2. The standard InChI is InChI=1S/C18H26N2O3/c1-3-18(2)12-20(13-18)17(23)19-15(9-10-16(21)22)11-14-7-5-4-6-8-14/h4-8,15H,3,9-13H2,1-2H3,(H,19,23)(H,21,22). The number of carbonyl (C=O) groups excluding carboxylic acids is 1. The number of carboxylic acids is 1. The van der Waals surface area contributed by atoms with Gasteiger partial charge in [-0.25, -0.2) is 4.79 Å². The third-order valence-electron chi connectivity index (χ3n) is 4.65. The number of aliphatic carboxylic acids is 1. The molecule has 2 rings (SSSR count). The number of hydrogen-bond acceptors (Lipinski definition) is 2. The number of urea groups is 1. The van der Waals surface area contributed by atoms with Gasteiger partial charge in [0.15, 0.2) is 0 Å². The largest absolute Gasteiger partial charge is 0.481 e. The summed E-state index contributed by atoms with van der Waals surface area (Å²) < 4.78 is 0. The molecular formula is C18H26N2O3. The number of carboxylic acid groups (broad SMARTS) is 1. The van der Waals surface area contributed by atoms with Gasteiger partial charge in [0, 0.05) is 31.0 Å². The van der Waals surface area contributed by atoms with Crippen LogP contribution < -0.4 is 5.32 Å². The summed E-state index contributed by atoms with van der Waals surface area (Å²) in [5.41, 5.74) is 1.33. The van der Waals surface area contributed by atoms with Gasteiger partial charge in [-0.05, 0) is 24.8 Å². The van der Waals surface area contributed by atoms with Gasteiger partial charge in [-0.1, -0.05) is 44.2 Å². The Bertz CT molecular complexity index is 538. The van der Waals surface area contributed by atoms with Gasteiger partial charge in [-0.15, -0.1) is 0 Å². The van der Waals surface area contributed by atoms with E-state index in [1.165, 1.54) is 0 Å². The van der Waals surface area contributed by atoms with E-state index < -0.39 is 5.97 Å². The molecule has 0 aliphatic carbocycles. The van der Waals surface area contributed by atoms with Crippen molar-refractivity contribution in [3.05, 3.63) is 35.9 Å². The van der Waals surface area contributed by atoms with Crippen LogP contribution in [0.25, 0.3) is 0 Å². The first-order valence-electron chi connectivity index (χ1n) is 8.23. The summed E-state index contributed by atoms with van der Waals surface area (Å²) in [6.45, 7) is 5.86. The van der Waals surface area contributed by atoms with Crippen LogP contribution in [-0.2, 0) is 11.2 Å². The minimum absolute atomic E-state index is 0.0600. The van der Waals surface area contributed by atoms with E-state index in [4.69, 9.17) is 5.11 Å². The highest BCUT2D eigenvalue weighted by Crippen LogP contribution is 2.32. The lowest BCUT2D eigenvalue weighted by molar-refractivity contribution is -0.137. The zero-order valence-electron chi connectivity index (χ0n) is 13.9. The molecule has 1 heterocycles. The van der Waals surface area contributed by atoms with E-state index in [-0.39, 0.29) is 23.9 Å². The lowest BCUT2D eigenvalue weighted by Gasteiger charge is -2.48. The van der Waals surface area contributed by atoms with E-state index >= 15 is 0 Å². The Morgan fingerprint density at radius 3 is 2.52 bits per heavy atom. The summed E-state index contributed by atoms with van der Waals surface area (Å²) in [7, 11) is 0. The molecule has 1 aromatic carbocycles. The van der Waals surface area contributed by atoms with Crippen molar-refractivity contribution in [2.75, 3.05) is 13.1 Å². The number of amides is 2. The number of likely N-dealkylation sites (tertiary alicyclic amines) is 1. The first kappa shape index (κ1) is 17.3. The predicted octanol–water partition coefficient (Wildman–Crippen LogP) is 2.90. The molecule has 1 aromatic rings. The van der Waals surface area contributed by atoms with Gasteiger partial charge in [-0.3, -0.25) is 4.79 Å². The maximum atomic E-state index is 12.3. The average molecular weight is 318 g/mol. The van der Waals surface area contributed by atoms with Gasteiger partial charge in [0.25, 0.3) is 0 Å². The molecule has 1 aliphatic rings. The van der Waals surface area contributed by atoms with Crippen LogP contribution in [0.5, 0.6) is 0 Å². The molecule has 5 heteroatoms. The zero-order chi connectivity index (χ0) is 16.9. The lowest BCUT2D eigenvalue weighted by atomic mass is 9.80. The second-order valence-electron chi connectivity index (χ2n) is 6.79. The average Bonchev–Trinajstić information content (AvgIpc) is 2.50. The van der Waals surface area contributed by atoms with Gasteiger partial charge in [-0.2, -0.15) is 0 Å². The fourth-order valence-corrected chi connectivity index (χ4v) is 2.93. The molecule has 1 aliphatic heterocycles. The smallest absolute Gasteiger partial charge is 0.317 e. The fraction of sp³-hybridized carbons (Fsp3) is 0.556. The van der Waals surface area contributed by atoms with E-state index in [1.54, 1.807) is 0 Å². The van der Waals surface area contributed by atoms with Crippen molar-refractivity contribution in [2.45, 2.75) is 45.6 Å². The SMILES string of the molecule is CCC1(C)CN(C(=O)NC(CCC(=O)O)Cc2ccccc2)C1. The Kier molecular flexibility index (Phi) is 5.64. The normalized spacial score (nSPS) is 17.2. The zero-order valence-corrected chi connectivity index (χ0v) is 13.9. The van der Waals surface area contributed by atoms with Gasteiger partial charge in [0.05, 0.1) is 0 Å². The molecule has 0 radical (unpaired) electrons. The topological polar surface area (TPSA) is 69.6 Å². The highest BCUT2D eigenvalue weighted by Gasteiger charge is 2.40. The monoisotopic (exact) mass is 318 g/mol. The Morgan fingerprint density at radius 2 is 1.96 bits per heavy atom. The van der Waals surface area contributed by atoms with Crippen LogP contribution in [0.15, 0.2) is 30.3 Å². The van der Waals surface area contributed by atoms with Crippen molar-refractivity contribution in [2.24, 2.45) is 5.41 Å². The molecule has 126 valence electrons. The molecular weight excluding hydrogens is 292 g/mol. The second-order valence-corrected chi connectivity index (χ2v) is 6.79. The van der Waals surface area contributed by atoms with Crippen LogP contribution in [0.3, 0.4) is 0 Å². The first-order chi connectivity index (χ1) is 10.9. The summed E-state index contributed by atoms with van der Waals surface area (Å²) in [5, 5.41) is 11.9. The number of rotatable bonds is 7. The molecule has 1 atom stereocenters. The molecule has 23 heavy (non-hydrogen) atoms. The van der Waals surface area contributed by atoms with Crippen molar-refractivity contribution < 1.29 is 14.7 Å². The fourth-order valence-electron chi connectivity index (χ4n) is 2.93. The van der Waals surface area contributed by atoms with Crippen LogP contribution in [-0.4, -0.2) is 41.1 Å². The van der Waals surface area contributed by atoms with Crippen LogP contribution in [0, 0.1) is 5.41 Å². The summed E-state index contributed by atoms with van der Waals surface area (Å²) in [4.78, 5) is 25.0. The molecule has 5 nitrogen and oxygen atoms in total. The molecule has 0 aromatic heterocycles. The Balaban J connectivity index is 1.91. The number of nitrogens with zero attached hydrogens (tertiary/aromatic N) is 1. The highest BCUT2D eigenvalue weighted by atomic mass is 16.4. The van der Waals surface area contributed by atoms with Crippen molar-refractivity contribution in [1.29, 1.82) is 0 Å². The predicted molar refractivity (Wildman–Crippen MR) is 89.3 cm³/mol. The van der Waals surface area contributed by atoms with E-state index in [0.717, 1.165) is 25.1 Å². The summed E-state index contributed by atoms with van der Waals surface area (Å²) >= 11 is 0. The third-order valence-corrected chi connectivity index (χ3v) is 4.65. The molecule has 0 saturated carbocycles. The van der Waals surface area contributed by atoms with Gasteiger partial charge < -0.3 is 15.3 Å². The van der Waals surface area contributed by atoms with Gasteiger partial charge in [0.2, 0.25) is 0 Å². The van der Waals surface area contributed by atoms with Crippen LogP contribution in [0.2, 0.25) is 0 Å². The molecule has 0 bridgehead atoms. The van der Waals surface area contributed by atoms with Crippen molar-refractivity contribution in [3.63, 3.8) is 0 Å². The minimum atomic E-state index is -0.834. The van der Waals surface area contributed by atoms with E-state index in [2.05, 4.69) is 19.2 Å².